The average Bonchev–Trinajstić information content (AvgIpc) is 2.95. The Labute approximate surface area is 152 Å². The number of methoxy groups -OCH3 is 2. The van der Waals surface area contributed by atoms with Gasteiger partial charge in [0, 0.05) is 6.20 Å². The molecule has 0 spiro atoms. The van der Waals surface area contributed by atoms with Gasteiger partial charge in [-0.05, 0) is 6.07 Å². The lowest BCUT2D eigenvalue weighted by Crippen LogP contribution is -2.13. The molecular weight excluding hydrogens is 384 g/mol. The second-order valence-corrected chi connectivity index (χ2v) is 6.39. The number of hydrogen-bond donors (Lipinski definition) is 2. The van der Waals surface area contributed by atoms with Gasteiger partial charge in [0.15, 0.2) is 10.6 Å². The smallest absolute Gasteiger partial charge is 0.357 e. The van der Waals surface area contributed by atoms with Crippen LogP contribution in [-0.4, -0.2) is 42.6 Å². The molecule has 3 N–H and O–H groups in total. The van der Waals surface area contributed by atoms with E-state index in [-0.39, 0.29) is 28.4 Å². The minimum atomic E-state index is -5.00. The van der Waals surface area contributed by atoms with Crippen molar-refractivity contribution in [2.24, 2.45) is 0 Å². The molecule has 142 valence electrons. The maximum absolute atomic E-state index is 12.1. The number of nitriles is 1. The van der Waals surface area contributed by atoms with Crippen LogP contribution >= 0.6 is 0 Å². The molecule has 0 unspecified atom stereocenters. The van der Waals surface area contributed by atoms with Crippen LogP contribution in [0.25, 0.3) is 5.69 Å². The van der Waals surface area contributed by atoms with Gasteiger partial charge in [0.25, 0.3) is 5.69 Å². The number of carbonyl (C=O) groups is 1. The normalized spacial score (nSPS) is 10.9. The molecule has 0 atom stereocenters. The van der Waals surface area contributed by atoms with E-state index in [1.165, 1.54) is 0 Å². The summed E-state index contributed by atoms with van der Waals surface area (Å²) in [6.07, 6.45) is 1.10. The van der Waals surface area contributed by atoms with Crippen molar-refractivity contribution in [2.75, 3.05) is 20.0 Å². The second kappa shape index (κ2) is 6.94. The summed E-state index contributed by atoms with van der Waals surface area (Å²) in [6.45, 7) is 0. The fourth-order valence-corrected chi connectivity index (χ4v) is 3.00. The number of hydrogen-bond acceptors (Lipinski definition) is 9. The first-order valence-corrected chi connectivity index (χ1v) is 8.34. The van der Waals surface area contributed by atoms with E-state index >= 15 is 0 Å². The Hall–Kier alpha value is -3.63. The number of esters is 1. The van der Waals surface area contributed by atoms with E-state index in [0.29, 0.717) is 0 Å². The van der Waals surface area contributed by atoms with Gasteiger partial charge in [-0.1, -0.05) is 0 Å². The van der Waals surface area contributed by atoms with Crippen molar-refractivity contribution < 1.29 is 32.2 Å². The van der Waals surface area contributed by atoms with Crippen LogP contribution in [-0.2, 0) is 14.9 Å². The SMILES string of the molecule is COC(=O)c1c(N)c(C#N)cn1-c1cc(S(=O)(=O)O)c([N+](=O)[O-])cc1OC. The zero-order valence-electron chi connectivity index (χ0n) is 13.9. The quantitative estimate of drug-likeness (QED) is 0.318. The summed E-state index contributed by atoms with van der Waals surface area (Å²) in [7, 11) is -2.80. The number of nitrogen functional groups attached to an aromatic ring is 1. The van der Waals surface area contributed by atoms with E-state index in [9.17, 15) is 27.9 Å². The monoisotopic (exact) mass is 396 g/mol. The molecule has 0 aliphatic carbocycles. The lowest BCUT2D eigenvalue weighted by atomic mass is 10.2. The van der Waals surface area contributed by atoms with Gasteiger partial charge in [-0.2, -0.15) is 13.7 Å². The maximum atomic E-state index is 12.1. The molecule has 2 aromatic rings. The minimum Gasteiger partial charge on any atom is -0.494 e. The van der Waals surface area contributed by atoms with Crippen LogP contribution in [0, 0.1) is 21.4 Å². The van der Waals surface area contributed by atoms with E-state index in [2.05, 4.69) is 4.74 Å². The minimum absolute atomic E-state index is 0.135. The second-order valence-electron chi connectivity index (χ2n) is 5.00. The van der Waals surface area contributed by atoms with Gasteiger partial charge in [0.1, 0.15) is 11.8 Å². The molecule has 13 heteroatoms. The third-order valence-electron chi connectivity index (χ3n) is 3.54. The Balaban J connectivity index is 2.98. The van der Waals surface area contributed by atoms with Crippen molar-refractivity contribution in [3.05, 3.63) is 39.7 Å². The van der Waals surface area contributed by atoms with Crippen molar-refractivity contribution in [1.29, 1.82) is 5.26 Å². The molecule has 0 amide bonds. The van der Waals surface area contributed by atoms with Gasteiger partial charge < -0.3 is 19.8 Å². The fourth-order valence-electron chi connectivity index (χ4n) is 2.34. The number of carbonyl (C=O) groups excluding carboxylic acids is 1. The Morgan fingerprint density at radius 3 is 2.48 bits per heavy atom. The number of anilines is 1. The zero-order valence-corrected chi connectivity index (χ0v) is 14.7. The van der Waals surface area contributed by atoms with Crippen molar-refractivity contribution in [1.82, 2.24) is 4.57 Å². The van der Waals surface area contributed by atoms with Gasteiger partial charge in [-0.3, -0.25) is 14.7 Å². The number of aromatic nitrogens is 1. The largest absolute Gasteiger partial charge is 0.494 e. The van der Waals surface area contributed by atoms with E-state index in [0.717, 1.165) is 37.1 Å². The first-order chi connectivity index (χ1) is 12.6. The van der Waals surface area contributed by atoms with E-state index in [4.69, 9.17) is 15.7 Å². The Morgan fingerprint density at radius 1 is 1.41 bits per heavy atom. The van der Waals surface area contributed by atoms with Crippen LogP contribution in [0.4, 0.5) is 11.4 Å². The Morgan fingerprint density at radius 2 is 2.04 bits per heavy atom. The van der Waals surface area contributed by atoms with Crippen molar-refractivity contribution >= 4 is 27.5 Å². The first kappa shape index (κ1) is 19.7. The lowest BCUT2D eigenvalue weighted by molar-refractivity contribution is -0.388. The van der Waals surface area contributed by atoms with E-state index in [1.54, 1.807) is 6.07 Å². The summed E-state index contributed by atoms with van der Waals surface area (Å²) < 4.78 is 43.1. The van der Waals surface area contributed by atoms with Crippen molar-refractivity contribution in [3.8, 4) is 17.5 Å². The standard InChI is InChI=1S/C14H12N4O8S/c1-25-10-3-9(18(20)21)11(27(22,23)24)4-8(10)17-6-7(5-15)12(16)13(17)14(19)26-2/h3-4,6H,16H2,1-2H3,(H,22,23,24). The predicted octanol–water partition coefficient (Wildman–Crippen LogP) is 0.881. The highest BCUT2D eigenvalue weighted by molar-refractivity contribution is 7.86. The van der Waals surface area contributed by atoms with Crippen LogP contribution in [0.3, 0.4) is 0 Å². The van der Waals surface area contributed by atoms with Crippen LogP contribution < -0.4 is 10.5 Å². The highest BCUT2D eigenvalue weighted by Crippen LogP contribution is 2.36. The highest BCUT2D eigenvalue weighted by atomic mass is 32.2. The first-order valence-electron chi connectivity index (χ1n) is 6.90. The summed E-state index contributed by atoms with van der Waals surface area (Å²) in [5.74, 6) is -1.18. The number of ether oxygens (including phenoxy) is 2. The molecule has 0 saturated heterocycles. The number of nitro benzene ring substituents is 1. The Kier molecular flexibility index (Phi) is 5.06. The number of benzene rings is 1. The van der Waals surface area contributed by atoms with Crippen LogP contribution in [0.5, 0.6) is 5.75 Å². The van der Waals surface area contributed by atoms with Crippen LogP contribution in [0.2, 0.25) is 0 Å². The van der Waals surface area contributed by atoms with E-state index < -0.39 is 31.6 Å². The molecule has 0 radical (unpaired) electrons. The summed E-state index contributed by atoms with van der Waals surface area (Å²) >= 11 is 0. The topological polar surface area (TPSA) is 188 Å². The Bertz CT molecular complexity index is 1100. The molecule has 2 rings (SSSR count). The molecule has 0 fully saturated rings. The molecule has 1 aromatic carbocycles. The molecule has 1 aromatic heterocycles. The number of nitro groups is 1. The zero-order chi connectivity index (χ0) is 20.5. The molecule has 27 heavy (non-hydrogen) atoms. The summed E-state index contributed by atoms with van der Waals surface area (Å²) in [5, 5.41) is 20.3. The third kappa shape index (κ3) is 3.38. The third-order valence-corrected chi connectivity index (χ3v) is 4.42. The molecule has 12 nitrogen and oxygen atoms in total. The molecule has 0 aliphatic heterocycles. The summed E-state index contributed by atoms with van der Waals surface area (Å²) in [4.78, 5) is 21.1. The molecule has 0 saturated carbocycles. The number of nitrogens with zero attached hydrogens (tertiary/aromatic N) is 3. The van der Waals surface area contributed by atoms with Crippen LogP contribution in [0.1, 0.15) is 16.1 Å². The van der Waals surface area contributed by atoms with Crippen molar-refractivity contribution in [2.45, 2.75) is 4.90 Å². The van der Waals surface area contributed by atoms with Gasteiger partial charge in [-0.25, -0.2) is 4.79 Å². The average molecular weight is 396 g/mol. The number of rotatable bonds is 5. The lowest BCUT2D eigenvalue weighted by Gasteiger charge is -2.14. The summed E-state index contributed by atoms with van der Waals surface area (Å²) in [6, 6.07) is 3.22. The molecule has 0 bridgehead atoms. The predicted molar refractivity (Wildman–Crippen MR) is 89.3 cm³/mol. The van der Waals surface area contributed by atoms with Gasteiger partial charge in [0.05, 0.1) is 42.1 Å². The number of nitrogens with two attached hydrogens (primary N) is 1. The van der Waals surface area contributed by atoms with Crippen molar-refractivity contribution in [3.63, 3.8) is 0 Å². The molecule has 1 heterocycles. The fraction of sp³-hybridized carbons (Fsp3) is 0.143. The van der Waals surface area contributed by atoms with Gasteiger partial charge >= 0.3 is 16.1 Å². The summed E-state index contributed by atoms with van der Waals surface area (Å²) in [5.41, 5.74) is 3.89. The van der Waals surface area contributed by atoms with E-state index in [1.807, 2.05) is 0 Å². The van der Waals surface area contributed by atoms with Crippen LogP contribution in [0.15, 0.2) is 23.2 Å². The van der Waals surface area contributed by atoms with Gasteiger partial charge in [-0.15, -0.1) is 0 Å². The molecule has 0 aliphatic rings. The maximum Gasteiger partial charge on any atom is 0.357 e. The highest BCUT2D eigenvalue weighted by Gasteiger charge is 2.30. The van der Waals surface area contributed by atoms with Gasteiger partial charge in [0.2, 0.25) is 0 Å². The molecular formula is C14H12N4O8S.